The van der Waals surface area contributed by atoms with Gasteiger partial charge < -0.3 is 10.1 Å². The van der Waals surface area contributed by atoms with E-state index >= 15 is 0 Å². The van der Waals surface area contributed by atoms with Crippen LogP contribution in [0.3, 0.4) is 0 Å². The molecule has 5 heteroatoms. The first-order chi connectivity index (χ1) is 9.22. The summed E-state index contributed by atoms with van der Waals surface area (Å²) in [6, 6.07) is 14.5. The maximum atomic E-state index is 11.1. The number of nitrogens with zero attached hydrogens (tertiary/aromatic N) is 1. The van der Waals surface area contributed by atoms with Crippen LogP contribution in [0.25, 0.3) is 0 Å². The number of benzene rings is 2. The molecule has 0 bridgehead atoms. The van der Waals surface area contributed by atoms with Gasteiger partial charge in [-0.25, -0.2) is 0 Å². The predicted octanol–water partition coefficient (Wildman–Crippen LogP) is 3.22. The van der Waals surface area contributed by atoms with E-state index in [0.29, 0.717) is 12.3 Å². The lowest BCUT2D eigenvalue weighted by molar-refractivity contribution is -0.385. The highest BCUT2D eigenvalue weighted by molar-refractivity contribution is 5.68. The van der Waals surface area contributed by atoms with Gasteiger partial charge in [-0.3, -0.25) is 10.1 Å². The number of nitro benzene ring substituents is 1. The van der Waals surface area contributed by atoms with Crippen molar-refractivity contribution in [3.8, 4) is 5.75 Å². The Morgan fingerprint density at radius 2 is 1.89 bits per heavy atom. The molecule has 1 N–H and O–H groups in total. The van der Waals surface area contributed by atoms with Crippen LogP contribution in [0.5, 0.6) is 5.75 Å². The van der Waals surface area contributed by atoms with Crippen molar-refractivity contribution in [3.05, 3.63) is 64.2 Å². The molecule has 2 aromatic carbocycles. The van der Waals surface area contributed by atoms with E-state index in [0.717, 1.165) is 5.56 Å². The number of nitrogens with one attached hydrogen (secondary N) is 1. The molecule has 0 atom stereocenters. The highest BCUT2D eigenvalue weighted by Crippen LogP contribution is 2.34. The van der Waals surface area contributed by atoms with Gasteiger partial charge in [0.1, 0.15) is 12.3 Å². The van der Waals surface area contributed by atoms with Crippen LogP contribution < -0.4 is 10.1 Å². The summed E-state index contributed by atoms with van der Waals surface area (Å²) in [5, 5.41) is 13.9. The number of hydrogen-bond donors (Lipinski definition) is 1. The zero-order chi connectivity index (χ0) is 13.7. The fourth-order valence-electron chi connectivity index (χ4n) is 1.76. The van der Waals surface area contributed by atoms with Gasteiger partial charge in [-0.15, -0.1) is 0 Å². The lowest BCUT2D eigenvalue weighted by atomic mass is 10.2. The minimum Gasteiger partial charge on any atom is -0.482 e. The monoisotopic (exact) mass is 258 g/mol. The van der Waals surface area contributed by atoms with Gasteiger partial charge >= 0.3 is 5.69 Å². The van der Waals surface area contributed by atoms with E-state index in [4.69, 9.17) is 4.74 Å². The summed E-state index contributed by atoms with van der Waals surface area (Å²) in [5.41, 5.74) is 1.36. The number of nitro groups is 1. The van der Waals surface area contributed by atoms with Crippen LogP contribution in [0.1, 0.15) is 5.56 Å². The third-order valence-corrected chi connectivity index (χ3v) is 2.69. The Bertz CT molecular complexity index is 570. The standard InChI is InChI=1S/C14H14N2O3/c1-15-12-8-5-9-13(14(12)16(17)18)19-10-11-6-3-2-4-7-11/h2-9,15H,10H2,1H3. The van der Waals surface area contributed by atoms with Gasteiger partial charge in [0.2, 0.25) is 0 Å². The Morgan fingerprint density at radius 1 is 1.16 bits per heavy atom. The van der Waals surface area contributed by atoms with Gasteiger partial charge in [0.05, 0.1) is 4.92 Å². The van der Waals surface area contributed by atoms with Crippen molar-refractivity contribution in [3.63, 3.8) is 0 Å². The third kappa shape index (κ3) is 3.01. The number of hydrogen-bond acceptors (Lipinski definition) is 4. The molecule has 0 spiro atoms. The molecule has 0 saturated heterocycles. The Labute approximate surface area is 111 Å². The number of para-hydroxylation sites is 1. The van der Waals surface area contributed by atoms with Crippen LogP contribution in [-0.4, -0.2) is 12.0 Å². The van der Waals surface area contributed by atoms with E-state index in [1.54, 1.807) is 25.2 Å². The van der Waals surface area contributed by atoms with E-state index in [9.17, 15) is 10.1 Å². The topological polar surface area (TPSA) is 64.4 Å². The first-order valence-corrected chi connectivity index (χ1v) is 5.84. The molecule has 0 aliphatic heterocycles. The SMILES string of the molecule is CNc1cccc(OCc2ccccc2)c1[N+](=O)[O-]. The number of anilines is 1. The molecular formula is C14H14N2O3. The normalized spacial score (nSPS) is 9.95. The second-order valence-electron chi connectivity index (χ2n) is 3.93. The van der Waals surface area contributed by atoms with Crippen molar-refractivity contribution in [2.45, 2.75) is 6.61 Å². The summed E-state index contributed by atoms with van der Waals surface area (Å²) in [5.74, 6) is 0.265. The second kappa shape index (κ2) is 5.86. The quantitative estimate of drug-likeness (QED) is 0.660. The highest BCUT2D eigenvalue weighted by atomic mass is 16.6. The summed E-state index contributed by atoms with van der Waals surface area (Å²) in [6.07, 6.45) is 0. The first kappa shape index (κ1) is 12.9. The molecule has 2 rings (SSSR count). The molecule has 0 heterocycles. The zero-order valence-electron chi connectivity index (χ0n) is 10.5. The molecule has 0 saturated carbocycles. The lowest BCUT2D eigenvalue weighted by Crippen LogP contribution is -2.02. The van der Waals surface area contributed by atoms with Crippen molar-refractivity contribution >= 4 is 11.4 Å². The fraction of sp³-hybridized carbons (Fsp3) is 0.143. The van der Waals surface area contributed by atoms with E-state index in [2.05, 4.69) is 5.32 Å². The minimum atomic E-state index is -0.438. The van der Waals surface area contributed by atoms with Crippen LogP contribution >= 0.6 is 0 Å². The molecule has 0 aromatic heterocycles. The third-order valence-electron chi connectivity index (χ3n) is 2.69. The van der Waals surface area contributed by atoms with Crippen molar-refractivity contribution in [1.82, 2.24) is 0 Å². The lowest BCUT2D eigenvalue weighted by Gasteiger charge is -2.09. The maximum Gasteiger partial charge on any atom is 0.333 e. The predicted molar refractivity (Wildman–Crippen MR) is 73.4 cm³/mol. The molecule has 0 amide bonds. The van der Waals surface area contributed by atoms with Gasteiger partial charge in [-0.1, -0.05) is 36.4 Å². The summed E-state index contributed by atoms with van der Waals surface area (Å²) < 4.78 is 5.55. The fourth-order valence-corrected chi connectivity index (χ4v) is 1.76. The molecule has 0 fully saturated rings. The van der Waals surface area contributed by atoms with Gasteiger partial charge in [0.25, 0.3) is 0 Å². The van der Waals surface area contributed by atoms with Crippen LogP contribution in [-0.2, 0) is 6.61 Å². The van der Waals surface area contributed by atoms with Gasteiger partial charge in [-0.2, -0.15) is 0 Å². The van der Waals surface area contributed by atoms with Gasteiger partial charge in [-0.05, 0) is 17.7 Å². The first-order valence-electron chi connectivity index (χ1n) is 5.84. The van der Waals surface area contributed by atoms with Crippen molar-refractivity contribution in [1.29, 1.82) is 0 Å². The summed E-state index contributed by atoms with van der Waals surface area (Å²) >= 11 is 0. The maximum absolute atomic E-state index is 11.1. The molecule has 98 valence electrons. The van der Waals surface area contributed by atoms with Gasteiger partial charge in [0.15, 0.2) is 5.75 Å². The molecule has 0 aliphatic carbocycles. The van der Waals surface area contributed by atoms with Crippen LogP contribution in [0.15, 0.2) is 48.5 Å². The Kier molecular flexibility index (Phi) is 3.97. The summed E-state index contributed by atoms with van der Waals surface area (Å²) in [4.78, 5) is 10.7. The molecule has 0 radical (unpaired) electrons. The van der Waals surface area contributed by atoms with E-state index in [1.165, 1.54) is 0 Å². The summed E-state index contributed by atoms with van der Waals surface area (Å²) in [7, 11) is 1.64. The minimum absolute atomic E-state index is 0.0408. The molecule has 19 heavy (non-hydrogen) atoms. The zero-order valence-corrected chi connectivity index (χ0v) is 10.5. The molecule has 2 aromatic rings. The van der Waals surface area contributed by atoms with Crippen LogP contribution in [0, 0.1) is 10.1 Å². The van der Waals surface area contributed by atoms with Crippen molar-refractivity contribution < 1.29 is 9.66 Å². The van der Waals surface area contributed by atoms with Crippen molar-refractivity contribution in [2.24, 2.45) is 0 Å². The average molecular weight is 258 g/mol. The average Bonchev–Trinajstić information content (AvgIpc) is 2.45. The molecule has 0 unspecified atom stereocenters. The van der Waals surface area contributed by atoms with Gasteiger partial charge in [0, 0.05) is 7.05 Å². The van der Waals surface area contributed by atoms with E-state index in [1.807, 2.05) is 30.3 Å². The van der Waals surface area contributed by atoms with E-state index < -0.39 is 4.92 Å². The smallest absolute Gasteiger partial charge is 0.333 e. The van der Waals surface area contributed by atoms with E-state index in [-0.39, 0.29) is 11.4 Å². The Balaban J connectivity index is 2.23. The molecule has 0 aliphatic rings. The largest absolute Gasteiger partial charge is 0.482 e. The molecular weight excluding hydrogens is 244 g/mol. The molecule has 5 nitrogen and oxygen atoms in total. The Hall–Kier alpha value is -2.56. The number of rotatable bonds is 5. The van der Waals surface area contributed by atoms with Crippen molar-refractivity contribution in [2.75, 3.05) is 12.4 Å². The second-order valence-corrected chi connectivity index (χ2v) is 3.93. The van der Waals surface area contributed by atoms with Crippen LogP contribution in [0.2, 0.25) is 0 Å². The number of ether oxygens (including phenoxy) is 1. The summed E-state index contributed by atoms with van der Waals surface area (Å²) in [6.45, 7) is 0.300. The van der Waals surface area contributed by atoms with Crippen LogP contribution in [0.4, 0.5) is 11.4 Å². The Morgan fingerprint density at radius 3 is 2.53 bits per heavy atom. The highest BCUT2D eigenvalue weighted by Gasteiger charge is 2.20.